The largest absolute Gasteiger partial charge is 0.497 e. The highest BCUT2D eigenvalue weighted by atomic mass is 32.1. The molecule has 0 amide bonds. The molecule has 0 fully saturated rings. The van der Waals surface area contributed by atoms with Crippen LogP contribution in [0.2, 0.25) is 0 Å². The molecule has 5 rings (SSSR count). The zero-order chi connectivity index (χ0) is 24.9. The van der Waals surface area contributed by atoms with Gasteiger partial charge in [0, 0.05) is 29.6 Å². The topological polar surface area (TPSA) is 88.9 Å². The highest BCUT2D eigenvalue weighted by Gasteiger charge is 2.26. The molecule has 36 heavy (non-hydrogen) atoms. The van der Waals surface area contributed by atoms with Gasteiger partial charge in [0.2, 0.25) is 0 Å². The van der Waals surface area contributed by atoms with Crippen molar-refractivity contribution >= 4 is 22.2 Å². The van der Waals surface area contributed by atoms with Crippen molar-refractivity contribution in [3.05, 3.63) is 104 Å². The van der Waals surface area contributed by atoms with E-state index in [9.17, 15) is 4.79 Å². The van der Waals surface area contributed by atoms with E-state index in [-0.39, 0.29) is 11.6 Å². The second kappa shape index (κ2) is 10.8. The van der Waals surface area contributed by atoms with Crippen LogP contribution in [-0.4, -0.2) is 37.2 Å². The quantitative estimate of drug-likeness (QED) is 0.297. The molecule has 1 N–H and O–H groups in total. The number of nitrogens with zero attached hydrogens (tertiary/aromatic N) is 5. The minimum absolute atomic E-state index is 0.0724. The van der Waals surface area contributed by atoms with Crippen LogP contribution in [0.4, 0.5) is 0 Å². The van der Waals surface area contributed by atoms with Crippen LogP contribution in [0.5, 0.6) is 5.75 Å². The number of tetrazole rings is 1. The lowest BCUT2D eigenvalue weighted by Crippen LogP contribution is -2.32. The molecule has 0 spiro atoms. The summed E-state index contributed by atoms with van der Waals surface area (Å²) in [5, 5.41) is 15.8. The SMILES string of the molecule is CC[C@@H](c1nnnn1Cc1ccccc1)N(Cc1cccs1)Cc1cc2ccc(OC)cc2[nH]c1=O. The average Bonchev–Trinajstić information content (AvgIpc) is 3.58. The Morgan fingerprint density at radius 2 is 1.94 bits per heavy atom. The van der Waals surface area contributed by atoms with Gasteiger partial charge in [0.05, 0.1) is 25.2 Å². The van der Waals surface area contributed by atoms with Gasteiger partial charge in [0.15, 0.2) is 5.82 Å². The van der Waals surface area contributed by atoms with Crippen molar-refractivity contribution in [3.63, 3.8) is 0 Å². The lowest BCUT2D eigenvalue weighted by atomic mass is 10.1. The third kappa shape index (κ3) is 5.22. The lowest BCUT2D eigenvalue weighted by molar-refractivity contribution is 0.163. The maximum Gasteiger partial charge on any atom is 0.252 e. The summed E-state index contributed by atoms with van der Waals surface area (Å²) in [4.78, 5) is 19.6. The van der Waals surface area contributed by atoms with Gasteiger partial charge in [0.1, 0.15) is 5.75 Å². The summed E-state index contributed by atoms with van der Waals surface area (Å²) in [6.07, 6.45) is 0.795. The molecule has 0 saturated heterocycles. The van der Waals surface area contributed by atoms with Gasteiger partial charge in [-0.05, 0) is 57.4 Å². The van der Waals surface area contributed by atoms with E-state index in [0.717, 1.165) is 28.7 Å². The first-order valence-corrected chi connectivity index (χ1v) is 12.8. The molecule has 1 atom stereocenters. The number of ether oxygens (including phenoxy) is 1. The standard InChI is InChI=1S/C27H28N6O2S/c1-3-25(26-29-30-31-33(26)16-19-8-5-4-6-9-19)32(18-23-10-7-13-36-23)17-21-14-20-11-12-22(35-2)15-24(20)28-27(21)34/h4-15,25H,3,16-18H2,1-2H3,(H,28,34)/t25-/m0/s1. The molecule has 0 unspecified atom stereocenters. The van der Waals surface area contributed by atoms with Gasteiger partial charge in [-0.3, -0.25) is 9.69 Å². The monoisotopic (exact) mass is 500 g/mol. The summed E-state index contributed by atoms with van der Waals surface area (Å²) >= 11 is 1.70. The van der Waals surface area contributed by atoms with Crippen LogP contribution in [0.1, 0.15) is 41.2 Å². The lowest BCUT2D eigenvalue weighted by Gasteiger charge is -2.30. The first-order valence-electron chi connectivity index (χ1n) is 11.9. The smallest absolute Gasteiger partial charge is 0.252 e. The molecule has 0 bridgehead atoms. The zero-order valence-electron chi connectivity index (χ0n) is 20.3. The van der Waals surface area contributed by atoms with Crippen molar-refractivity contribution in [1.29, 1.82) is 0 Å². The third-order valence-electron chi connectivity index (χ3n) is 6.30. The molecular weight excluding hydrogens is 472 g/mol. The number of hydrogen-bond acceptors (Lipinski definition) is 7. The molecular formula is C27H28N6O2S. The van der Waals surface area contributed by atoms with Crippen molar-refractivity contribution in [1.82, 2.24) is 30.1 Å². The van der Waals surface area contributed by atoms with Crippen LogP contribution >= 0.6 is 11.3 Å². The average molecular weight is 501 g/mol. The molecule has 0 aliphatic rings. The maximum atomic E-state index is 13.1. The Labute approximate surface area is 213 Å². The van der Waals surface area contributed by atoms with E-state index in [1.54, 1.807) is 18.4 Å². The van der Waals surface area contributed by atoms with Crippen LogP contribution in [-0.2, 0) is 19.6 Å². The molecule has 9 heteroatoms. The minimum Gasteiger partial charge on any atom is -0.497 e. The molecule has 184 valence electrons. The highest BCUT2D eigenvalue weighted by molar-refractivity contribution is 7.09. The highest BCUT2D eigenvalue weighted by Crippen LogP contribution is 2.28. The second-order valence-corrected chi connectivity index (χ2v) is 9.70. The number of H-pyrrole nitrogens is 1. The third-order valence-corrected chi connectivity index (χ3v) is 7.16. The molecule has 3 heterocycles. The van der Waals surface area contributed by atoms with E-state index >= 15 is 0 Å². The number of methoxy groups -OCH3 is 1. The summed E-state index contributed by atoms with van der Waals surface area (Å²) in [5.41, 5.74) is 2.48. The van der Waals surface area contributed by atoms with Crippen LogP contribution < -0.4 is 10.3 Å². The summed E-state index contributed by atoms with van der Waals surface area (Å²) in [7, 11) is 1.62. The summed E-state index contributed by atoms with van der Waals surface area (Å²) < 4.78 is 7.17. The first-order chi connectivity index (χ1) is 17.6. The Morgan fingerprint density at radius 1 is 1.08 bits per heavy atom. The number of aromatic amines is 1. The second-order valence-electron chi connectivity index (χ2n) is 8.67. The Kier molecular flexibility index (Phi) is 7.20. The van der Waals surface area contributed by atoms with Gasteiger partial charge >= 0.3 is 0 Å². The van der Waals surface area contributed by atoms with E-state index in [4.69, 9.17) is 4.74 Å². The van der Waals surface area contributed by atoms with Crippen LogP contribution in [0.3, 0.4) is 0 Å². The molecule has 0 aliphatic carbocycles. The molecule has 2 aromatic carbocycles. The number of benzene rings is 2. The van der Waals surface area contributed by atoms with Crippen molar-refractivity contribution in [3.8, 4) is 5.75 Å². The molecule has 8 nitrogen and oxygen atoms in total. The Bertz CT molecular complexity index is 1480. The molecule has 0 radical (unpaired) electrons. The van der Waals surface area contributed by atoms with Crippen LogP contribution in [0, 0.1) is 0 Å². The van der Waals surface area contributed by atoms with E-state index < -0.39 is 0 Å². The van der Waals surface area contributed by atoms with E-state index in [0.29, 0.717) is 30.9 Å². The summed E-state index contributed by atoms with van der Waals surface area (Å²) in [6, 6.07) is 21.9. The number of hydrogen-bond donors (Lipinski definition) is 1. The predicted octanol–water partition coefficient (Wildman–Crippen LogP) is 4.79. The summed E-state index contributed by atoms with van der Waals surface area (Å²) in [5.74, 6) is 1.50. The van der Waals surface area contributed by atoms with E-state index in [2.05, 4.69) is 62.0 Å². The van der Waals surface area contributed by atoms with Crippen molar-refractivity contribution in [2.75, 3.05) is 7.11 Å². The fraction of sp³-hybridized carbons (Fsp3) is 0.259. The molecule has 0 aliphatic heterocycles. The minimum atomic E-state index is -0.106. The molecule has 5 aromatic rings. The Morgan fingerprint density at radius 3 is 2.69 bits per heavy atom. The number of thiophene rings is 1. The number of aromatic nitrogens is 5. The zero-order valence-corrected chi connectivity index (χ0v) is 21.1. The van der Waals surface area contributed by atoms with Gasteiger partial charge in [-0.15, -0.1) is 16.4 Å². The van der Waals surface area contributed by atoms with Crippen molar-refractivity contribution in [2.24, 2.45) is 0 Å². The Balaban J connectivity index is 1.49. The van der Waals surface area contributed by atoms with Crippen molar-refractivity contribution < 1.29 is 4.74 Å². The van der Waals surface area contributed by atoms with E-state index in [1.165, 1.54) is 4.88 Å². The number of pyridine rings is 1. The van der Waals surface area contributed by atoms with E-state index in [1.807, 2.05) is 47.1 Å². The fourth-order valence-electron chi connectivity index (χ4n) is 4.49. The fourth-order valence-corrected chi connectivity index (χ4v) is 5.22. The normalized spacial score (nSPS) is 12.3. The van der Waals surface area contributed by atoms with Crippen molar-refractivity contribution in [2.45, 2.75) is 39.0 Å². The number of fused-ring (bicyclic) bond motifs is 1. The van der Waals surface area contributed by atoms with Crippen LogP contribution in [0.25, 0.3) is 10.9 Å². The Hall–Kier alpha value is -3.82. The van der Waals surface area contributed by atoms with Gasteiger partial charge in [-0.1, -0.05) is 43.3 Å². The number of rotatable bonds is 10. The first kappa shape index (κ1) is 23.9. The van der Waals surface area contributed by atoms with Gasteiger partial charge in [-0.2, -0.15) is 0 Å². The van der Waals surface area contributed by atoms with Gasteiger partial charge in [0.25, 0.3) is 5.56 Å². The number of nitrogens with one attached hydrogen (secondary N) is 1. The summed E-state index contributed by atoms with van der Waals surface area (Å²) in [6.45, 7) is 3.87. The maximum absolute atomic E-state index is 13.1. The van der Waals surface area contributed by atoms with Gasteiger partial charge in [-0.25, -0.2) is 4.68 Å². The van der Waals surface area contributed by atoms with Crippen LogP contribution in [0.15, 0.2) is 76.9 Å². The molecule has 0 saturated carbocycles. The molecule has 3 aromatic heterocycles. The van der Waals surface area contributed by atoms with Gasteiger partial charge < -0.3 is 9.72 Å². The predicted molar refractivity (Wildman–Crippen MR) is 141 cm³/mol.